The molecule has 86 valence electrons. The fraction of sp³-hybridized carbons (Fsp3) is 0.417. The maximum atomic E-state index is 4.26. The van der Waals surface area contributed by atoms with Gasteiger partial charge in [-0.2, -0.15) is 11.8 Å². The average Bonchev–Trinajstić information content (AvgIpc) is 2.77. The van der Waals surface area contributed by atoms with Gasteiger partial charge in [0, 0.05) is 18.9 Å². The van der Waals surface area contributed by atoms with Gasteiger partial charge in [0.05, 0.1) is 0 Å². The molecule has 2 rings (SSSR count). The fourth-order valence-electron chi connectivity index (χ4n) is 1.68. The molecule has 1 N–H and O–H groups in total. The highest BCUT2D eigenvalue weighted by Gasteiger charge is 1.98. The number of hydrogen-bond donors (Lipinski definition) is 1. The van der Waals surface area contributed by atoms with Crippen LogP contribution in [-0.4, -0.2) is 27.9 Å². The third-order valence-electron chi connectivity index (χ3n) is 2.51. The van der Waals surface area contributed by atoms with Crippen LogP contribution in [0.1, 0.15) is 12.8 Å². The smallest absolute Gasteiger partial charge is 0.138 e. The molecule has 0 aliphatic carbocycles. The normalized spacial score (nSPS) is 10.8. The van der Waals surface area contributed by atoms with E-state index < -0.39 is 0 Å². The molecular weight excluding hydrogens is 218 g/mol. The molecule has 0 bridgehead atoms. The third kappa shape index (κ3) is 2.70. The van der Waals surface area contributed by atoms with Crippen molar-refractivity contribution >= 4 is 23.2 Å². The molecule has 0 unspecified atom stereocenters. The molecule has 4 heteroatoms. The van der Waals surface area contributed by atoms with Gasteiger partial charge in [0.25, 0.3) is 0 Å². The first-order valence-electron chi connectivity index (χ1n) is 5.57. The largest absolute Gasteiger partial charge is 0.371 e. The second-order valence-corrected chi connectivity index (χ2v) is 4.68. The Labute approximate surface area is 100 Å². The van der Waals surface area contributed by atoms with E-state index >= 15 is 0 Å². The number of imidazole rings is 1. The topological polar surface area (TPSA) is 29.3 Å². The molecule has 0 radical (unpaired) electrons. The summed E-state index contributed by atoms with van der Waals surface area (Å²) >= 11 is 1.91. The summed E-state index contributed by atoms with van der Waals surface area (Å²) < 4.78 is 2.08. The number of unbranched alkanes of at least 4 members (excludes halogenated alkanes) is 1. The molecule has 2 aromatic rings. The summed E-state index contributed by atoms with van der Waals surface area (Å²) in [5.74, 6) is 2.37. The Balaban J connectivity index is 1.91. The Bertz CT molecular complexity index is 439. The summed E-state index contributed by atoms with van der Waals surface area (Å²) in [6.07, 6.45) is 8.45. The van der Waals surface area contributed by atoms with Crippen LogP contribution in [-0.2, 0) is 0 Å². The highest BCUT2D eigenvalue weighted by atomic mass is 32.2. The van der Waals surface area contributed by atoms with Crippen molar-refractivity contribution in [3.63, 3.8) is 0 Å². The van der Waals surface area contributed by atoms with Crippen LogP contribution in [0.3, 0.4) is 0 Å². The lowest BCUT2D eigenvalue weighted by Gasteiger charge is -2.08. The van der Waals surface area contributed by atoms with Crippen molar-refractivity contribution in [3.05, 3.63) is 30.6 Å². The van der Waals surface area contributed by atoms with E-state index in [0.717, 1.165) is 18.0 Å². The van der Waals surface area contributed by atoms with Crippen LogP contribution in [0.5, 0.6) is 0 Å². The zero-order valence-corrected chi connectivity index (χ0v) is 10.3. The molecule has 0 aliphatic rings. The van der Waals surface area contributed by atoms with Gasteiger partial charge in [-0.25, -0.2) is 4.98 Å². The van der Waals surface area contributed by atoms with Crippen LogP contribution in [0.25, 0.3) is 5.65 Å². The molecule has 2 heterocycles. The van der Waals surface area contributed by atoms with Gasteiger partial charge in [0.15, 0.2) is 0 Å². The lowest BCUT2D eigenvalue weighted by molar-refractivity contribution is 0.838. The zero-order valence-electron chi connectivity index (χ0n) is 9.52. The number of anilines is 1. The number of thioether (sulfide) groups is 1. The minimum atomic E-state index is 0.995. The predicted octanol–water partition coefficient (Wildman–Crippen LogP) is 2.89. The van der Waals surface area contributed by atoms with Gasteiger partial charge in [0.2, 0.25) is 0 Å². The maximum absolute atomic E-state index is 4.26. The van der Waals surface area contributed by atoms with Crippen molar-refractivity contribution in [1.82, 2.24) is 9.38 Å². The fourth-order valence-corrected chi connectivity index (χ4v) is 2.17. The lowest BCUT2D eigenvalue weighted by atomic mass is 10.3. The Morgan fingerprint density at radius 3 is 3.19 bits per heavy atom. The summed E-state index contributed by atoms with van der Waals surface area (Å²) in [4.78, 5) is 4.26. The summed E-state index contributed by atoms with van der Waals surface area (Å²) in [5.41, 5.74) is 0.995. The predicted molar refractivity (Wildman–Crippen MR) is 71.3 cm³/mol. The number of pyridine rings is 1. The molecule has 0 saturated carbocycles. The number of fused-ring (bicyclic) bond motifs is 1. The van der Waals surface area contributed by atoms with E-state index in [-0.39, 0.29) is 0 Å². The Hall–Kier alpha value is -1.16. The summed E-state index contributed by atoms with van der Waals surface area (Å²) in [6.45, 7) is 1.03. The second-order valence-electron chi connectivity index (χ2n) is 3.69. The molecule has 2 aromatic heterocycles. The molecule has 0 fully saturated rings. The number of nitrogens with one attached hydrogen (secondary N) is 1. The molecule has 0 atom stereocenters. The van der Waals surface area contributed by atoms with Crippen molar-refractivity contribution in [2.75, 3.05) is 23.9 Å². The Morgan fingerprint density at radius 1 is 1.38 bits per heavy atom. The molecule has 0 saturated heterocycles. The number of aromatic nitrogens is 2. The molecule has 3 nitrogen and oxygen atoms in total. The molecule has 16 heavy (non-hydrogen) atoms. The standard InChI is InChI=1S/C12H17N3S/c1-16-10-3-2-7-13-11-5-4-6-12-14-8-9-15(11)12/h4-6,8-9,13H,2-3,7,10H2,1H3. The molecule has 0 aromatic carbocycles. The van der Waals surface area contributed by atoms with E-state index in [1.807, 2.05) is 36.3 Å². The van der Waals surface area contributed by atoms with Crippen LogP contribution in [0.2, 0.25) is 0 Å². The molecule has 0 aliphatic heterocycles. The van der Waals surface area contributed by atoms with Crippen molar-refractivity contribution < 1.29 is 0 Å². The van der Waals surface area contributed by atoms with Gasteiger partial charge in [-0.3, -0.25) is 4.40 Å². The summed E-state index contributed by atoms with van der Waals surface area (Å²) in [6, 6.07) is 6.13. The van der Waals surface area contributed by atoms with Gasteiger partial charge in [-0.05, 0) is 37.0 Å². The minimum absolute atomic E-state index is 0.995. The second kappa shape index (κ2) is 5.80. The van der Waals surface area contributed by atoms with Crippen LogP contribution in [0.4, 0.5) is 5.82 Å². The minimum Gasteiger partial charge on any atom is -0.371 e. The van der Waals surface area contributed by atoms with Crippen LogP contribution < -0.4 is 5.32 Å². The first kappa shape index (κ1) is 11.3. The summed E-state index contributed by atoms with van der Waals surface area (Å²) in [7, 11) is 0. The van der Waals surface area contributed by atoms with E-state index in [2.05, 4.69) is 27.0 Å². The van der Waals surface area contributed by atoms with Gasteiger partial charge in [0.1, 0.15) is 11.5 Å². The van der Waals surface area contributed by atoms with Gasteiger partial charge >= 0.3 is 0 Å². The van der Waals surface area contributed by atoms with E-state index in [4.69, 9.17) is 0 Å². The van der Waals surface area contributed by atoms with Gasteiger partial charge < -0.3 is 5.32 Å². The SMILES string of the molecule is CSCCCCNc1cccc2nccn12. The Morgan fingerprint density at radius 2 is 2.31 bits per heavy atom. The van der Waals surface area contributed by atoms with E-state index in [1.54, 1.807) is 0 Å². The van der Waals surface area contributed by atoms with Crippen molar-refractivity contribution in [2.45, 2.75) is 12.8 Å². The zero-order chi connectivity index (χ0) is 11.2. The number of rotatable bonds is 6. The van der Waals surface area contributed by atoms with Gasteiger partial charge in [-0.1, -0.05) is 6.07 Å². The van der Waals surface area contributed by atoms with Crippen molar-refractivity contribution in [3.8, 4) is 0 Å². The van der Waals surface area contributed by atoms with Crippen LogP contribution >= 0.6 is 11.8 Å². The highest BCUT2D eigenvalue weighted by molar-refractivity contribution is 7.98. The quantitative estimate of drug-likeness (QED) is 0.781. The number of hydrogen-bond acceptors (Lipinski definition) is 3. The summed E-state index contributed by atoms with van der Waals surface area (Å²) in [5, 5.41) is 3.45. The van der Waals surface area contributed by atoms with Crippen molar-refractivity contribution in [2.24, 2.45) is 0 Å². The molecular formula is C12H17N3S. The molecule has 0 spiro atoms. The van der Waals surface area contributed by atoms with E-state index in [0.29, 0.717) is 0 Å². The van der Waals surface area contributed by atoms with Crippen LogP contribution in [0, 0.1) is 0 Å². The lowest BCUT2D eigenvalue weighted by Crippen LogP contribution is -2.05. The van der Waals surface area contributed by atoms with Gasteiger partial charge in [-0.15, -0.1) is 0 Å². The van der Waals surface area contributed by atoms with Crippen LogP contribution in [0.15, 0.2) is 30.6 Å². The van der Waals surface area contributed by atoms with E-state index in [1.165, 1.54) is 18.6 Å². The monoisotopic (exact) mass is 235 g/mol. The molecule has 0 amide bonds. The average molecular weight is 235 g/mol. The third-order valence-corrected chi connectivity index (χ3v) is 3.21. The maximum Gasteiger partial charge on any atom is 0.138 e. The Kier molecular flexibility index (Phi) is 4.10. The highest BCUT2D eigenvalue weighted by Crippen LogP contribution is 2.11. The first-order chi connectivity index (χ1) is 7.92. The van der Waals surface area contributed by atoms with Crippen molar-refractivity contribution in [1.29, 1.82) is 0 Å². The van der Waals surface area contributed by atoms with E-state index in [9.17, 15) is 0 Å². The number of nitrogens with zero attached hydrogens (tertiary/aromatic N) is 2. The first-order valence-corrected chi connectivity index (χ1v) is 6.96.